The van der Waals surface area contributed by atoms with Crippen LogP contribution in [-0.4, -0.2) is 0 Å². The Labute approximate surface area is 84.5 Å². The van der Waals surface area contributed by atoms with Gasteiger partial charge in [0.2, 0.25) is 0 Å². The molecule has 1 aliphatic rings. The first-order valence-corrected chi connectivity index (χ1v) is 5.18. The maximum Gasteiger partial charge on any atom is 0.126 e. The zero-order chi connectivity index (χ0) is 9.97. The average molecular weight is 190 g/mol. The quantitative estimate of drug-likeness (QED) is 0.622. The minimum atomic E-state index is -0.0663. The fraction of sp³-hybridized carbons (Fsp3) is 0.385. The van der Waals surface area contributed by atoms with Crippen molar-refractivity contribution in [2.24, 2.45) is 0 Å². The summed E-state index contributed by atoms with van der Waals surface area (Å²) >= 11 is 0. The molecule has 0 N–H and O–H groups in total. The second kappa shape index (κ2) is 3.95. The fourth-order valence-electron chi connectivity index (χ4n) is 1.98. The van der Waals surface area contributed by atoms with Gasteiger partial charge in [0.15, 0.2) is 0 Å². The summed E-state index contributed by atoms with van der Waals surface area (Å²) in [7, 11) is 0. The van der Waals surface area contributed by atoms with Crippen molar-refractivity contribution >= 4 is 0 Å². The zero-order valence-corrected chi connectivity index (χ0v) is 8.52. The monoisotopic (exact) mass is 190 g/mol. The Balaban J connectivity index is 2.19. The molecule has 0 saturated carbocycles. The zero-order valence-electron chi connectivity index (χ0n) is 8.52. The van der Waals surface area contributed by atoms with Gasteiger partial charge in [0.25, 0.3) is 0 Å². The lowest BCUT2D eigenvalue weighted by Gasteiger charge is -2.05. The van der Waals surface area contributed by atoms with E-state index in [0.717, 1.165) is 24.0 Å². The van der Waals surface area contributed by atoms with Crippen LogP contribution in [0.3, 0.4) is 0 Å². The van der Waals surface area contributed by atoms with Gasteiger partial charge in [0.1, 0.15) is 5.82 Å². The summed E-state index contributed by atoms with van der Waals surface area (Å²) in [4.78, 5) is 0. The van der Waals surface area contributed by atoms with E-state index >= 15 is 0 Å². The molecule has 1 aliphatic carbocycles. The number of allylic oxidation sites excluding steroid dienone is 2. The molecule has 0 atom stereocenters. The molecule has 2 rings (SSSR count). The van der Waals surface area contributed by atoms with Crippen molar-refractivity contribution in [1.82, 2.24) is 0 Å². The maximum absolute atomic E-state index is 13.4. The van der Waals surface area contributed by atoms with Crippen LogP contribution >= 0.6 is 0 Å². The van der Waals surface area contributed by atoms with Crippen LogP contribution in [0, 0.1) is 12.7 Å². The summed E-state index contributed by atoms with van der Waals surface area (Å²) in [6.45, 7) is 2.01. The summed E-state index contributed by atoms with van der Waals surface area (Å²) in [5, 5.41) is 0. The third-order valence-corrected chi connectivity index (χ3v) is 2.75. The largest absolute Gasteiger partial charge is 0.207 e. The first-order valence-electron chi connectivity index (χ1n) is 5.18. The van der Waals surface area contributed by atoms with Gasteiger partial charge >= 0.3 is 0 Å². The minimum Gasteiger partial charge on any atom is -0.207 e. The molecule has 0 aliphatic heterocycles. The molecular weight excluding hydrogens is 175 g/mol. The standard InChI is InChI=1S/C13H15F/c1-10-6-7-13(14)12(8-10)9-11-4-2-3-5-11/h4,6-8H,2-3,5,9H2,1H3. The molecule has 0 aromatic heterocycles. The van der Waals surface area contributed by atoms with Crippen LogP contribution in [0.1, 0.15) is 30.4 Å². The number of halogens is 1. The number of benzene rings is 1. The van der Waals surface area contributed by atoms with Crippen molar-refractivity contribution in [3.05, 3.63) is 46.8 Å². The summed E-state index contributed by atoms with van der Waals surface area (Å²) in [6.07, 6.45) is 6.61. The maximum atomic E-state index is 13.4. The predicted octanol–water partition coefficient (Wildman–Crippen LogP) is 3.79. The fourth-order valence-corrected chi connectivity index (χ4v) is 1.98. The number of rotatable bonds is 2. The van der Waals surface area contributed by atoms with Gasteiger partial charge in [-0.3, -0.25) is 0 Å². The van der Waals surface area contributed by atoms with Crippen molar-refractivity contribution < 1.29 is 4.39 Å². The lowest BCUT2D eigenvalue weighted by atomic mass is 10.0. The normalized spacial score (nSPS) is 15.7. The van der Waals surface area contributed by atoms with E-state index in [2.05, 4.69) is 6.08 Å². The molecule has 74 valence electrons. The van der Waals surface area contributed by atoms with Crippen molar-refractivity contribution in [2.45, 2.75) is 32.6 Å². The Morgan fingerprint density at radius 3 is 2.93 bits per heavy atom. The summed E-state index contributed by atoms with van der Waals surface area (Å²) in [5.74, 6) is -0.0663. The van der Waals surface area contributed by atoms with Crippen LogP contribution in [0.15, 0.2) is 29.8 Å². The molecule has 0 bridgehead atoms. The molecule has 0 heterocycles. The number of aryl methyl sites for hydroxylation is 1. The molecule has 0 unspecified atom stereocenters. The van der Waals surface area contributed by atoms with E-state index in [0.29, 0.717) is 0 Å². The van der Waals surface area contributed by atoms with Crippen LogP contribution in [0.25, 0.3) is 0 Å². The van der Waals surface area contributed by atoms with Crippen LogP contribution in [0.4, 0.5) is 4.39 Å². The highest BCUT2D eigenvalue weighted by Gasteiger charge is 2.08. The van der Waals surface area contributed by atoms with Crippen molar-refractivity contribution in [1.29, 1.82) is 0 Å². The van der Waals surface area contributed by atoms with Gasteiger partial charge in [0.05, 0.1) is 0 Å². The molecule has 0 amide bonds. The van der Waals surface area contributed by atoms with E-state index in [1.54, 1.807) is 6.07 Å². The second-order valence-corrected chi connectivity index (χ2v) is 4.03. The number of hydrogen-bond donors (Lipinski definition) is 0. The van der Waals surface area contributed by atoms with Crippen molar-refractivity contribution in [3.63, 3.8) is 0 Å². The molecule has 14 heavy (non-hydrogen) atoms. The van der Waals surface area contributed by atoms with Crippen LogP contribution in [-0.2, 0) is 6.42 Å². The Hall–Kier alpha value is -1.11. The Bertz CT molecular complexity index is 363. The smallest absolute Gasteiger partial charge is 0.126 e. The lowest BCUT2D eigenvalue weighted by molar-refractivity contribution is 0.612. The highest BCUT2D eigenvalue weighted by atomic mass is 19.1. The molecule has 0 fully saturated rings. The van der Waals surface area contributed by atoms with E-state index in [1.165, 1.54) is 18.4 Å². The minimum absolute atomic E-state index is 0.0663. The van der Waals surface area contributed by atoms with E-state index in [4.69, 9.17) is 0 Å². The SMILES string of the molecule is Cc1ccc(F)c(CC2=CCCC2)c1. The van der Waals surface area contributed by atoms with E-state index in [-0.39, 0.29) is 5.82 Å². The average Bonchev–Trinajstić information content (AvgIpc) is 2.64. The predicted molar refractivity (Wildman–Crippen MR) is 56.8 cm³/mol. The summed E-state index contributed by atoms with van der Waals surface area (Å²) in [6, 6.07) is 5.34. The lowest BCUT2D eigenvalue weighted by Crippen LogP contribution is -1.93. The van der Waals surface area contributed by atoms with Crippen molar-refractivity contribution in [3.8, 4) is 0 Å². The number of hydrogen-bond acceptors (Lipinski definition) is 0. The highest BCUT2D eigenvalue weighted by molar-refractivity contribution is 5.28. The van der Waals surface area contributed by atoms with Gasteiger partial charge < -0.3 is 0 Å². The van der Waals surface area contributed by atoms with Gasteiger partial charge in [-0.25, -0.2) is 4.39 Å². The summed E-state index contributed by atoms with van der Waals surface area (Å²) < 4.78 is 13.4. The first-order chi connectivity index (χ1) is 6.75. The van der Waals surface area contributed by atoms with Gasteiger partial charge in [0, 0.05) is 0 Å². The third kappa shape index (κ3) is 2.03. The van der Waals surface area contributed by atoms with E-state index in [1.807, 2.05) is 19.1 Å². The molecule has 1 aromatic carbocycles. The third-order valence-electron chi connectivity index (χ3n) is 2.75. The van der Waals surface area contributed by atoms with Gasteiger partial charge in [-0.15, -0.1) is 0 Å². The van der Waals surface area contributed by atoms with Crippen molar-refractivity contribution in [2.75, 3.05) is 0 Å². The van der Waals surface area contributed by atoms with Crippen LogP contribution < -0.4 is 0 Å². The molecule has 0 nitrogen and oxygen atoms in total. The Morgan fingerprint density at radius 2 is 2.21 bits per heavy atom. The second-order valence-electron chi connectivity index (χ2n) is 4.03. The molecule has 0 radical (unpaired) electrons. The van der Waals surface area contributed by atoms with E-state index in [9.17, 15) is 4.39 Å². The van der Waals surface area contributed by atoms with Gasteiger partial charge in [-0.05, 0) is 44.2 Å². The molecular formula is C13H15F. The molecule has 1 heteroatoms. The van der Waals surface area contributed by atoms with Crippen LogP contribution in [0.2, 0.25) is 0 Å². The Morgan fingerprint density at radius 1 is 1.36 bits per heavy atom. The molecule has 0 saturated heterocycles. The molecule has 0 spiro atoms. The topological polar surface area (TPSA) is 0 Å². The first kappa shape index (κ1) is 9.45. The van der Waals surface area contributed by atoms with Gasteiger partial charge in [-0.1, -0.05) is 29.3 Å². The van der Waals surface area contributed by atoms with Crippen LogP contribution in [0.5, 0.6) is 0 Å². The van der Waals surface area contributed by atoms with E-state index < -0.39 is 0 Å². The van der Waals surface area contributed by atoms with Gasteiger partial charge in [-0.2, -0.15) is 0 Å². The highest BCUT2D eigenvalue weighted by Crippen LogP contribution is 2.23. The summed E-state index contributed by atoms with van der Waals surface area (Å²) in [5.41, 5.74) is 3.38. The molecule has 1 aromatic rings. The Kier molecular flexibility index (Phi) is 2.67.